The second kappa shape index (κ2) is 8.14. The summed E-state index contributed by atoms with van der Waals surface area (Å²) in [6.45, 7) is 4.13. The van der Waals surface area contributed by atoms with Crippen LogP contribution in [0.25, 0.3) is 0 Å². The Morgan fingerprint density at radius 2 is 2.00 bits per heavy atom. The Morgan fingerprint density at radius 1 is 1.23 bits per heavy atom. The summed E-state index contributed by atoms with van der Waals surface area (Å²) in [5, 5.41) is 9.87. The molecular formula is C19H25N5O2. The van der Waals surface area contributed by atoms with Crippen molar-refractivity contribution in [3.63, 3.8) is 0 Å². The molecule has 1 aliphatic rings. The van der Waals surface area contributed by atoms with E-state index >= 15 is 0 Å². The molecule has 3 rings (SSSR count). The minimum Gasteiger partial charge on any atom is -0.359 e. The highest BCUT2D eigenvalue weighted by Gasteiger charge is 2.37. The quantitative estimate of drug-likeness (QED) is 0.793. The molecule has 2 atom stereocenters. The molecule has 7 heteroatoms. The molecule has 1 saturated heterocycles. The van der Waals surface area contributed by atoms with Crippen LogP contribution in [0.3, 0.4) is 0 Å². The Bertz CT molecular complexity index is 758. The molecule has 2 heterocycles. The summed E-state index contributed by atoms with van der Waals surface area (Å²) in [4.78, 5) is 26.8. The smallest absolute Gasteiger partial charge is 0.242 e. The Hall–Kier alpha value is -2.67. The maximum atomic E-state index is 12.4. The standard InChI is InChI=1S/C19H25N5O2/c1-14-8-21-24(9-14)13-18(25)22-17-12-23(11-16(17)19(26)20-2)10-15-6-4-3-5-7-15/h3-9,16-17H,10-13H2,1-2H3,(H,20,26)(H,22,25)/t16-,17-/m0/s1. The third kappa shape index (κ3) is 4.49. The first-order valence-electron chi connectivity index (χ1n) is 8.81. The molecule has 26 heavy (non-hydrogen) atoms. The zero-order valence-corrected chi connectivity index (χ0v) is 15.2. The molecule has 1 aromatic heterocycles. The number of nitrogens with one attached hydrogen (secondary N) is 2. The van der Waals surface area contributed by atoms with Gasteiger partial charge in [-0.1, -0.05) is 30.3 Å². The number of benzene rings is 1. The molecule has 138 valence electrons. The van der Waals surface area contributed by atoms with E-state index in [1.165, 1.54) is 5.56 Å². The number of aromatic nitrogens is 2. The van der Waals surface area contributed by atoms with Crippen LogP contribution in [0.2, 0.25) is 0 Å². The lowest BCUT2D eigenvalue weighted by atomic mass is 10.0. The lowest BCUT2D eigenvalue weighted by Crippen LogP contribution is -2.46. The van der Waals surface area contributed by atoms with E-state index in [9.17, 15) is 9.59 Å². The molecule has 2 N–H and O–H groups in total. The second-order valence-corrected chi connectivity index (χ2v) is 6.79. The molecule has 0 spiro atoms. The van der Waals surface area contributed by atoms with Gasteiger partial charge in [0.2, 0.25) is 11.8 Å². The van der Waals surface area contributed by atoms with E-state index in [1.54, 1.807) is 17.9 Å². The number of aryl methyl sites for hydroxylation is 1. The van der Waals surface area contributed by atoms with Crippen LogP contribution in [-0.2, 0) is 22.7 Å². The van der Waals surface area contributed by atoms with Gasteiger partial charge < -0.3 is 10.6 Å². The van der Waals surface area contributed by atoms with Crippen molar-refractivity contribution in [2.75, 3.05) is 20.1 Å². The van der Waals surface area contributed by atoms with E-state index < -0.39 is 0 Å². The third-order valence-corrected chi connectivity index (χ3v) is 4.64. The monoisotopic (exact) mass is 355 g/mol. The molecule has 0 unspecified atom stereocenters. The minimum absolute atomic E-state index is 0.0409. The molecule has 1 fully saturated rings. The van der Waals surface area contributed by atoms with E-state index in [2.05, 4.69) is 32.8 Å². The summed E-state index contributed by atoms with van der Waals surface area (Å²) in [5.74, 6) is -0.429. The van der Waals surface area contributed by atoms with Crippen LogP contribution < -0.4 is 10.6 Å². The Kier molecular flexibility index (Phi) is 5.68. The van der Waals surface area contributed by atoms with Crippen molar-refractivity contribution in [1.82, 2.24) is 25.3 Å². The summed E-state index contributed by atoms with van der Waals surface area (Å²) in [6, 6.07) is 9.94. The van der Waals surface area contributed by atoms with E-state index in [1.807, 2.05) is 31.3 Å². The topological polar surface area (TPSA) is 79.3 Å². The van der Waals surface area contributed by atoms with Crippen molar-refractivity contribution < 1.29 is 9.59 Å². The van der Waals surface area contributed by atoms with Crippen LogP contribution in [0, 0.1) is 12.8 Å². The minimum atomic E-state index is -0.257. The number of carbonyl (C=O) groups excluding carboxylic acids is 2. The number of amides is 2. The van der Waals surface area contributed by atoms with E-state index in [0.717, 1.165) is 12.1 Å². The number of hydrogen-bond acceptors (Lipinski definition) is 4. The number of likely N-dealkylation sites (tertiary alicyclic amines) is 1. The maximum Gasteiger partial charge on any atom is 0.242 e. The average Bonchev–Trinajstić information content (AvgIpc) is 3.21. The van der Waals surface area contributed by atoms with Crippen LogP contribution in [0.15, 0.2) is 42.7 Å². The predicted octanol–water partition coefficient (Wildman–Crippen LogP) is 0.554. The zero-order chi connectivity index (χ0) is 18.5. The third-order valence-electron chi connectivity index (χ3n) is 4.64. The number of carbonyl (C=O) groups is 2. The Morgan fingerprint density at radius 3 is 2.65 bits per heavy atom. The highest BCUT2D eigenvalue weighted by atomic mass is 16.2. The van der Waals surface area contributed by atoms with Crippen molar-refractivity contribution >= 4 is 11.8 Å². The Labute approximate surface area is 153 Å². The van der Waals surface area contributed by atoms with E-state index in [-0.39, 0.29) is 30.3 Å². The van der Waals surface area contributed by atoms with Gasteiger partial charge in [-0.3, -0.25) is 19.2 Å². The molecule has 1 aromatic carbocycles. The van der Waals surface area contributed by atoms with Crippen LogP contribution in [0.1, 0.15) is 11.1 Å². The van der Waals surface area contributed by atoms with Gasteiger partial charge in [-0.05, 0) is 18.1 Å². The molecule has 7 nitrogen and oxygen atoms in total. The number of rotatable bonds is 6. The van der Waals surface area contributed by atoms with Gasteiger partial charge in [0, 0.05) is 32.9 Å². The van der Waals surface area contributed by atoms with Gasteiger partial charge in [-0.15, -0.1) is 0 Å². The number of hydrogen-bond donors (Lipinski definition) is 2. The molecule has 2 aromatic rings. The summed E-state index contributed by atoms with van der Waals surface area (Å²) >= 11 is 0. The fourth-order valence-corrected chi connectivity index (χ4v) is 3.41. The summed E-state index contributed by atoms with van der Waals surface area (Å²) < 4.78 is 1.61. The molecular weight excluding hydrogens is 330 g/mol. The molecule has 2 amide bonds. The molecule has 1 aliphatic heterocycles. The average molecular weight is 355 g/mol. The lowest BCUT2D eigenvalue weighted by Gasteiger charge is -2.18. The van der Waals surface area contributed by atoms with Gasteiger partial charge in [0.15, 0.2) is 0 Å². The fraction of sp³-hybridized carbons (Fsp3) is 0.421. The van der Waals surface area contributed by atoms with Gasteiger partial charge in [0.1, 0.15) is 6.54 Å². The highest BCUT2D eigenvalue weighted by molar-refractivity contribution is 5.82. The van der Waals surface area contributed by atoms with Gasteiger partial charge in [-0.25, -0.2) is 0 Å². The van der Waals surface area contributed by atoms with Crippen molar-refractivity contribution in [2.24, 2.45) is 5.92 Å². The van der Waals surface area contributed by atoms with Crippen molar-refractivity contribution in [2.45, 2.75) is 26.1 Å². The summed E-state index contributed by atoms with van der Waals surface area (Å²) in [7, 11) is 1.63. The lowest BCUT2D eigenvalue weighted by molar-refractivity contribution is -0.126. The van der Waals surface area contributed by atoms with Gasteiger partial charge >= 0.3 is 0 Å². The first kappa shape index (κ1) is 18.1. The summed E-state index contributed by atoms with van der Waals surface area (Å²) in [5.41, 5.74) is 2.21. The maximum absolute atomic E-state index is 12.4. The zero-order valence-electron chi connectivity index (χ0n) is 15.2. The molecule has 0 saturated carbocycles. The molecule has 0 radical (unpaired) electrons. The second-order valence-electron chi connectivity index (χ2n) is 6.79. The summed E-state index contributed by atoms with van der Waals surface area (Å²) in [6.07, 6.45) is 3.55. The fourth-order valence-electron chi connectivity index (χ4n) is 3.41. The Balaban J connectivity index is 1.63. The van der Waals surface area contributed by atoms with Crippen molar-refractivity contribution in [3.8, 4) is 0 Å². The normalized spacial score (nSPS) is 20.1. The largest absolute Gasteiger partial charge is 0.359 e. The van der Waals surface area contributed by atoms with Crippen molar-refractivity contribution in [1.29, 1.82) is 0 Å². The predicted molar refractivity (Wildman–Crippen MR) is 98.2 cm³/mol. The van der Waals surface area contributed by atoms with Crippen LogP contribution in [-0.4, -0.2) is 52.7 Å². The van der Waals surface area contributed by atoms with Gasteiger partial charge in [0.05, 0.1) is 18.2 Å². The van der Waals surface area contributed by atoms with Crippen molar-refractivity contribution in [3.05, 3.63) is 53.9 Å². The first-order chi connectivity index (χ1) is 12.5. The molecule has 0 bridgehead atoms. The first-order valence-corrected chi connectivity index (χ1v) is 8.81. The SMILES string of the molecule is CNC(=O)[C@H]1CN(Cc2ccccc2)C[C@@H]1NC(=O)Cn1cc(C)cn1. The van der Waals surface area contributed by atoms with Gasteiger partial charge in [0.25, 0.3) is 0 Å². The van der Waals surface area contributed by atoms with Crippen LogP contribution in [0.4, 0.5) is 0 Å². The number of nitrogens with zero attached hydrogens (tertiary/aromatic N) is 3. The highest BCUT2D eigenvalue weighted by Crippen LogP contribution is 2.20. The van der Waals surface area contributed by atoms with Crippen LogP contribution >= 0.6 is 0 Å². The van der Waals surface area contributed by atoms with E-state index in [0.29, 0.717) is 13.1 Å². The van der Waals surface area contributed by atoms with Gasteiger partial charge in [-0.2, -0.15) is 5.10 Å². The van der Waals surface area contributed by atoms with E-state index in [4.69, 9.17) is 0 Å². The molecule has 0 aliphatic carbocycles. The van der Waals surface area contributed by atoms with Crippen LogP contribution in [0.5, 0.6) is 0 Å².